The third-order valence-corrected chi connectivity index (χ3v) is 3.62. The molecular weight excluding hydrogens is 338 g/mol. The van der Waals surface area contributed by atoms with Gasteiger partial charge in [0.25, 0.3) is 0 Å². The van der Waals surface area contributed by atoms with Gasteiger partial charge in [0.15, 0.2) is 0 Å². The van der Waals surface area contributed by atoms with Crippen LogP contribution in [0.2, 0.25) is 0 Å². The van der Waals surface area contributed by atoms with Crippen LogP contribution in [0.25, 0.3) is 0 Å². The molecular formula is C19H24ClN3O2. The number of benzene rings is 2. The molecule has 134 valence electrons. The smallest absolute Gasteiger partial charge is 0.238 e. The topological polar surface area (TPSA) is 61.4 Å². The molecule has 0 aliphatic heterocycles. The molecule has 0 aromatic heterocycles. The summed E-state index contributed by atoms with van der Waals surface area (Å²) in [6, 6.07) is 17.0. The average Bonchev–Trinajstić information content (AvgIpc) is 2.58. The van der Waals surface area contributed by atoms with Gasteiger partial charge in [0.2, 0.25) is 11.8 Å². The van der Waals surface area contributed by atoms with Crippen molar-refractivity contribution in [3.8, 4) is 0 Å². The molecule has 0 atom stereocenters. The van der Waals surface area contributed by atoms with E-state index in [1.807, 2.05) is 61.5 Å². The second-order valence-corrected chi connectivity index (χ2v) is 5.43. The summed E-state index contributed by atoms with van der Waals surface area (Å²) >= 11 is 0. The Labute approximate surface area is 154 Å². The zero-order chi connectivity index (χ0) is 17.4. The van der Waals surface area contributed by atoms with Crippen LogP contribution in [0.1, 0.15) is 12.5 Å². The number of hydrogen-bond donors (Lipinski definition) is 2. The highest BCUT2D eigenvalue weighted by molar-refractivity contribution is 5.95. The van der Waals surface area contributed by atoms with Crippen LogP contribution in [0.5, 0.6) is 0 Å². The van der Waals surface area contributed by atoms with Gasteiger partial charge in [0.05, 0.1) is 13.0 Å². The number of para-hydroxylation sites is 1. The molecule has 2 amide bonds. The maximum Gasteiger partial charge on any atom is 0.238 e. The number of nitrogens with zero attached hydrogens (tertiary/aromatic N) is 1. The van der Waals surface area contributed by atoms with Crippen LogP contribution >= 0.6 is 12.4 Å². The van der Waals surface area contributed by atoms with Crippen LogP contribution in [0, 0.1) is 0 Å². The summed E-state index contributed by atoms with van der Waals surface area (Å²) in [6.45, 7) is 2.86. The second kappa shape index (κ2) is 10.5. The summed E-state index contributed by atoms with van der Waals surface area (Å²) in [4.78, 5) is 25.8. The highest BCUT2D eigenvalue weighted by Gasteiger charge is 2.14. The summed E-state index contributed by atoms with van der Waals surface area (Å²) in [5.74, 6) is -0.0433. The molecule has 0 aliphatic rings. The minimum absolute atomic E-state index is 0. The Balaban J connectivity index is 0.00000312. The minimum Gasteiger partial charge on any atom is -0.325 e. The van der Waals surface area contributed by atoms with E-state index in [1.54, 1.807) is 11.9 Å². The molecule has 2 aromatic rings. The van der Waals surface area contributed by atoms with Gasteiger partial charge in [-0.05, 0) is 43.8 Å². The Kier molecular flexibility index (Phi) is 8.67. The number of amides is 2. The van der Waals surface area contributed by atoms with Crippen molar-refractivity contribution in [3.05, 3.63) is 60.2 Å². The van der Waals surface area contributed by atoms with Gasteiger partial charge < -0.3 is 15.5 Å². The molecule has 2 N–H and O–H groups in total. The molecule has 0 spiro atoms. The van der Waals surface area contributed by atoms with Crippen molar-refractivity contribution in [2.24, 2.45) is 0 Å². The van der Waals surface area contributed by atoms with Crippen molar-refractivity contribution in [1.82, 2.24) is 5.32 Å². The summed E-state index contributed by atoms with van der Waals surface area (Å²) in [7, 11) is 1.72. The predicted molar refractivity (Wildman–Crippen MR) is 104 cm³/mol. The van der Waals surface area contributed by atoms with Crippen molar-refractivity contribution in [1.29, 1.82) is 0 Å². The molecule has 0 saturated carbocycles. The van der Waals surface area contributed by atoms with E-state index >= 15 is 0 Å². The molecule has 0 heterocycles. The van der Waals surface area contributed by atoms with E-state index in [-0.39, 0.29) is 30.8 Å². The highest BCUT2D eigenvalue weighted by Crippen LogP contribution is 2.16. The molecule has 5 nitrogen and oxygen atoms in total. The van der Waals surface area contributed by atoms with Crippen LogP contribution in [0.3, 0.4) is 0 Å². The van der Waals surface area contributed by atoms with E-state index in [9.17, 15) is 9.59 Å². The molecule has 0 fully saturated rings. The fourth-order valence-electron chi connectivity index (χ4n) is 2.45. The maximum absolute atomic E-state index is 12.5. The Morgan fingerprint density at radius 1 is 1.00 bits per heavy atom. The first-order valence-corrected chi connectivity index (χ1v) is 8.03. The number of likely N-dealkylation sites (N-methyl/N-ethyl adjacent to an activating group) is 2. The lowest BCUT2D eigenvalue weighted by Gasteiger charge is -2.21. The second-order valence-electron chi connectivity index (χ2n) is 5.43. The number of halogens is 1. The normalized spacial score (nSPS) is 9.84. The van der Waals surface area contributed by atoms with E-state index in [0.717, 1.165) is 16.9 Å². The molecule has 2 aromatic carbocycles. The van der Waals surface area contributed by atoms with Crippen molar-refractivity contribution >= 4 is 35.6 Å². The van der Waals surface area contributed by atoms with Crippen LogP contribution in [0.15, 0.2) is 54.6 Å². The first-order valence-electron chi connectivity index (χ1n) is 8.03. The van der Waals surface area contributed by atoms with Gasteiger partial charge in [-0.3, -0.25) is 9.59 Å². The van der Waals surface area contributed by atoms with E-state index in [1.165, 1.54) is 0 Å². The molecule has 0 unspecified atom stereocenters. The first-order chi connectivity index (χ1) is 11.6. The summed E-state index contributed by atoms with van der Waals surface area (Å²) in [6.07, 6.45) is 0.327. The predicted octanol–water partition coefficient (Wildman–Crippen LogP) is 2.86. The molecule has 6 heteroatoms. The number of rotatable bonds is 7. The van der Waals surface area contributed by atoms with Crippen molar-refractivity contribution < 1.29 is 9.59 Å². The number of carbonyl (C=O) groups excluding carboxylic acids is 2. The van der Waals surface area contributed by atoms with Gasteiger partial charge >= 0.3 is 0 Å². The summed E-state index contributed by atoms with van der Waals surface area (Å²) in [5.41, 5.74) is 2.55. The Morgan fingerprint density at radius 3 is 2.20 bits per heavy atom. The number of anilines is 2. The van der Waals surface area contributed by atoms with Crippen LogP contribution in [-0.4, -0.2) is 32.0 Å². The third kappa shape index (κ3) is 6.21. The quantitative estimate of drug-likeness (QED) is 0.797. The summed E-state index contributed by atoms with van der Waals surface area (Å²) < 4.78 is 0. The average molecular weight is 362 g/mol. The van der Waals surface area contributed by atoms with Gasteiger partial charge in [-0.25, -0.2) is 0 Å². The highest BCUT2D eigenvalue weighted by atomic mass is 35.5. The number of hydrogen-bond acceptors (Lipinski definition) is 3. The van der Waals surface area contributed by atoms with E-state index < -0.39 is 0 Å². The molecule has 25 heavy (non-hydrogen) atoms. The van der Waals surface area contributed by atoms with Crippen LogP contribution < -0.4 is 15.5 Å². The lowest BCUT2D eigenvalue weighted by molar-refractivity contribution is -0.118. The fraction of sp³-hybridized carbons (Fsp3) is 0.263. The zero-order valence-corrected chi connectivity index (χ0v) is 15.3. The van der Waals surface area contributed by atoms with E-state index in [0.29, 0.717) is 13.0 Å². The number of nitrogens with one attached hydrogen (secondary N) is 2. The molecule has 0 radical (unpaired) electrons. The molecule has 0 saturated heterocycles. The Bertz CT molecular complexity index is 675. The standard InChI is InChI=1S/C19H23N3O2.ClH/c1-3-22(17-7-5-4-6-8-17)19(24)13-15-9-11-16(12-10-15)21-18(23)14-20-2;/h4-12,20H,3,13-14H2,1-2H3,(H,21,23);1H. The molecule has 0 aliphatic carbocycles. The van der Waals surface area contributed by atoms with Crippen LogP contribution in [-0.2, 0) is 16.0 Å². The lowest BCUT2D eigenvalue weighted by Crippen LogP contribution is -2.31. The third-order valence-electron chi connectivity index (χ3n) is 3.62. The minimum atomic E-state index is -0.0948. The largest absolute Gasteiger partial charge is 0.325 e. The summed E-state index contributed by atoms with van der Waals surface area (Å²) in [5, 5.41) is 5.58. The van der Waals surface area contributed by atoms with Crippen molar-refractivity contribution in [3.63, 3.8) is 0 Å². The maximum atomic E-state index is 12.5. The zero-order valence-electron chi connectivity index (χ0n) is 14.5. The van der Waals surface area contributed by atoms with Crippen molar-refractivity contribution in [2.75, 3.05) is 30.4 Å². The van der Waals surface area contributed by atoms with Gasteiger partial charge in [-0.2, -0.15) is 0 Å². The van der Waals surface area contributed by atoms with Gasteiger partial charge in [0, 0.05) is 17.9 Å². The lowest BCUT2D eigenvalue weighted by atomic mass is 10.1. The SMILES string of the molecule is CCN(C(=O)Cc1ccc(NC(=O)CNC)cc1)c1ccccc1.Cl. The van der Waals surface area contributed by atoms with Crippen LogP contribution in [0.4, 0.5) is 11.4 Å². The van der Waals surface area contributed by atoms with Gasteiger partial charge in [-0.1, -0.05) is 30.3 Å². The van der Waals surface area contributed by atoms with E-state index in [4.69, 9.17) is 0 Å². The first kappa shape index (κ1) is 20.7. The Morgan fingerprint density at radius 2 is 1.64 bits per heavy atom. The van der Waals surface area contributed by atoms with Gasteiger partial charge in [0.1, 0.15) is 0 Å². The molecule has 2 rings (SSSR count). The van der Waals surface area contributed by atoms with Gasteiger partial charge in [-0.15, -0.1) is 12.4 Å². The molecule has 0 bridgehead atoms. The fourth-order valence-corrected chi connectivity index (χ4v) is 2.45. The van der Waals surface area contributed by atoms with Crippen molar-refractivity contribution in [2.45, 2.75) is 13.3 Å². The monoisotopic (exact) mass is 361 g/mol. The van der Waals surface area contributed by atoms with E-state index in [2.05, 4.69) is 10.6 Å². The number of carbonyl (C=O) groups is 2. The Hall–Kier alpha value is -2.37.